The molecule has 3 aliphatic rings. The minimum atomic E-state index is -0.769. The van der Waals surface area contributed by atoms with Crippen LogP contribution in [0.2, 0.25) is 5.15 Å². The molecule has 1 aliphatic carbocycles. The van der Waals surface area contributed by atoms with Crippen LogP contribution in [0.5, 0.6) is 0 Å². The smallest absolute Gasteiger partial charge is 0.415 e. The average Bonchev–Trinajstić information content (AvgIpc) is 3.33. The predicted octanol–water partition coefficient (Wildman–Crippen LogP) is 6.20. The van der Waals surface area contributed by atoms with E-state index in [1.807, 2.05) is 34.0 Å². The Bertz CT molecular complexity index is 1230. The third-order valence-electron chi connectivity index (χ3n) is 6.30. The topological polar surface area (TPSA) is 84.9 Å². The van der Waals surface area contributed by atoms with E-state index in [-0.39, 0.29) is 28.7 Å². The van der Waals surface area contributed by atoms with E-state index in [0.29, 0.717) is 28.2 Å². The van der Waals surface area contributed by atoms with Crippen LogP contribution >= 0.6 is 23.4 Å². The van der Waals surface area contributed by atoms with Crippen LogP contribution in [0.3, 0.4) is 0 Å². The molecule has 8 nitrogen and oxygen atoms in total. The van der Waals surface area contributed by atoms with Crippen LogP contribution in [0.1, 0.15) is 53.5 Å². The molecule has 2 aromatic heterocycles. The number of carbonyl (C=O) groups is 2. The first-order valence-electron chi connectivity index (χ1n) is 11.8. The zero-order chi connectivity index (χ0) is 26.7. The van der Waals surface area contributed by atoms with Gasteiger partial charge in [0.05, 0.1) is 17.8 Å². The van der Waals surface area contributed by atoms with Gasteiger partial charge in [0.25, 0.3) is 0 Å². The Kier molecular flexibility index (Phi) is 6.83. The van der Waals surface area contributed by atoms with Gasteiger partial charge in [0.2, 0.25) is 0 Å². The fourth-order valence-electron chi connectivity index (χ4n) is 4.91. The zero-order valence-electron chi connectivity index (χ0n) is 21.8. The van der Waals surface area contributed by atoms with Crippen LogP contribution in [0.15, 0.2) is 11.2 Å². The number of halogens is 2. The van der Waals surface area contributed by atoms with Gasteiger partial charge in [0.15, 0.2) is 11.0 Å². The molecule has 4 heterocycles. The number of amides is 2. The van der Waals surface area contributed by atoms with E-state index in [4.69, 9.17) is 21.1 Å². The molecule has 2 saturated heterocycles. The third-order valence-corrected chi connectivity index (χ3v) is 7.35. The number of ether oxygens (including phenoxy) is 2. The van der Waals surface area contributed by atoms with E-state index in [1.165, 1.54) is 18.0 Å². The highest BCUT2D eigenvalue weighted by Crippen LogP contribution is 2.49. The van der Waals surface area contributed by atoms with Crippen molar-refractivity contribution in [2.24, 2.45) is 5.92 Å². The number of rotatable bonds is 3. The minimum absolute atomic E-state index is 0.0143. The molecule has 3 atom stereocenters. The number of carbonyl (C=O) groups excluding carboxylic acids is 2. The van der Waals surface area contributed by atoms with Crippen LogP contribution in [-0.2, 0) is 9.47 Å². The highest BCUT2D eigenvalue weighted by Gasteiger charge is 2.59. The normalized spacial score (nSPS) is 21.4. The Hall–Kier alpha value is -2.33. The fraction of sp³-hybridized carbons (Fsp3) is 0.600. The highest BCUT2D eigenvalue weighted by atomic mass is 35.5. The molecule has 3 unspecified atom stereocenters. The summed E-state index contributed by atoms with van der Waals surface area (Å²) in [6, 6.07) is -0.632. The number of thioether (sulfide) groups is 1. The van der Waals surface area contributed by atoms with E-state index in [0.717, 1.165) is 6.42 Å². The molecular weight excluding hydrogens is 507 g/mol. The average molecular weight is 539 g/mol. The summed E-state index contributed by atoms with van der Waals surface area (Å²) >= 11 is 7.32. The summed E-state index contributed by atoms with van der Waals surface area (Å²) in [7, 11) is 0. The summed E-state index contributed by atoms with van der Waals surface area (Å²) in [5.74, 6) is -0.734. The van der Waals surface area contributed by atoms with Gasteiger partial charge < -0.3 is 14.4 Å². The monoisotopic (exact) mass is 538 g/mol. The van der Waals surface area contributed by atoms with E-state index in [9.17, 15) is 9.59 Å². The van der Waals surface area contributed by atoms with Gasteiger partial charge in [-0.2, -0.15) is 0 Å². The van der Waals surface area contributed by atoms with Gasteiger partial charge in [-0.1, -0.05) is 11.6 Å². The fourth-order valence-corrected chi connectivity index (χ4v) is 5.64. The quantitative estimate of drug-likeness (QED) is 0.339. The van der Waals surface area contributed by atoms with Crippen LogP contribution < -0.4 is 4.90 Å². The van der Waals surface area contributed by atoms with Crippen molar-refractivity contribution in [3.63, 3.8) is 0 Å². The Morgan fingerprint density at radius 3 is 2.42 bits per heavy atom. The summed E-state index contributed by atoms with van der Waals surface area (Å²) in [5.41, 5.74) is -0.219. The zero-order valence-corrected chi connectivity index (χ0v) is 23.4. The highest BCUT2D eigenvalue weighted by molar-refractivity contribution is 7.98. The van der Waals surface area contributed by atoms with E-state index < -0.39 is 29.2 Å². The standard InChI is InChI=1S/C25H32ClFN4O4S/c1-12-18(14-10-28-20(26)16(27)17(14)29-21(12)36-8)31(23(33)35-25(5,6)7)19-13-9-15(19)30(11-13)22(32)34-24(2,3)4/h10,13,15,19H,9,11H2,1-8H3. The van der Waals surface area contributed by atoms with Crippen LogP contribution in [0.4, 0.5) is 19.7 Å². The lowest BCUT2D eigenvalue weighted by molar-refractivity contribution is 0.0216. The molecule has 2 aliphatic heterocycles. The molecule has 3 fully saturated rings. The second-order valence-corrected chi connectivity index (χ2v) is 12.4. The van der Waals surface area contributed by atoms with Crippen molar-refractivity contribution in [1.82, 2.24) is 14.9 Å². The minimum Gasteiger partial charge on any atom is -0.444 e. The number of hydrogen-bond donors (Lipinski definition) is 0. The van der Waals surface area contributed by atoms with Gasteiger partial charge in [-0.3, -0.25) is 4.90 Å². The van der Waals surface area contributed by atoms with Crippen LogP contribution in [0.25, 0.3) is 10.9 Å². The lowest BCUT2D eigenvalue weighted by Gasteiger charge is -2.44. The van der Waals surface area contributed by atoms with Crippen molar-refractivity contribution in [3.8, 4) is 0 Å². The molecule has 36 heavy (non-hydrogen) atoms. The van der Waals surface area contributed by atoms with Crippen molar-refractivity contribution in [1.29, 1.82) is 0 Å². The van der Waals surface area contributed by atoms with Gasteiger partial charge in [-0.15, -0.1) is 11.8 Å². The van der Waals surface area contributed by atoms with E-state index >= 15 is 4.39 Å². The lowest BCUT2D eigenvalue weighted by Crippen LogP contribution is -2.59. The summed E-state index contributed by atoms with van der Waals surface area (Å²) < 4.78 is 26.5. The maximum Gasteiger partial charge on any atom is 0.415 e. The number of anilines is 1. The first kappa shape index (κ1) is 26.7. The number of nitrogens with zero attached hydrogens (tertiary/aromatic N) is 4. The second-order valence-electron chi connectivity index (χ2n) is 11.3. The number of hydrogen-bond acceptors (Lipinski definition) is 7. The summed E-state index contributed by atoms with van der Waals surface area (Å²) in [6.07, 6.45) is 3.01. The molecule has 0 aromatic carbocycles. The first-order valence-corrected chi connectivity index (χ1v) is 13.4. The van der Waals surface area contributed by atoms with Crippen molar-refractivity contribution in [2.75, 3.05) is 17.7 Å². The van der Waals surface area contributed by atoms with Crippen molar-refractivity contribution in [3.05, 3.63) is 22.7 Å². The van der Waals surface area contributed by atoms with Gasteiger partial charge in [-0.25, -0.2) is 23.9 Å². The second kappa shape index (κ2) is 9.20. The SMILES string of the molecule is CSc1nc2c(F)c(Cl)ncc2c(N(C(=O)OC(C)(C)C)C2C3CC2N(C(=O)OC(C)(C)C)C3)c1C. The van der Waals surface area contributed by atoms with Gasteiger partial charge in [-0.05, 0) is 61.1 Å². The number of fused-ring (bicyclic) bond motifs is 2. The van der Waals surface area contributed by atoms with Crippen molar-refractivity contribution < 1.29 is 23.5 Å². The number of aromatic nitrogens is 2. The maximum absolute atomic E-state index is 15.1. The largest absolute Gasteiger partial charge is 0.444 e. The first-order chi connectivity index (χ1) is 16.6. The Balaban J connectivity index is 1.86. The molecule has 0 spiro atoms. The summed E-state index contributed by atoms with van der Waals surface area (Å²) in [5, 5.41) is 0.622. The van der Waals surface area contributed by atoms with E-state index in [2.05, 4.69) is 9.97 Å². The van der Waals surface area contributed by atoms with Gasteiger partial charge >= 0.3 is 12.2 Å². The molecule has 2 amide bonds. The molecule has 11 heteroatoms. The van der Waals surface area contributed by atoms with Gasteiger partial charge in [0.1, 0.15) is 21.7 Å². The third kappa shape index (κ3) is 4.81. The molecule has 2 aromatic rings. The predicted molar refractivity (Wildman–Crippen MR) is 138 cm³/mol. The van der Waals surface area contributed by atoms with Gasteiger partial charge in [0, 0.05) is 29.6 Å². The molecule has 0 N–H and O–H groups in total. The Morgan fingerprint density at radius 1 is 1.19 bits per heavy atom. The van der Waals surface area contributed by atoms with E-state index in [1.54, 1.807) is 30.6 Å². The molecule has 5 rings (SSSR count). The van der Waals surface area contributed by atoms with Crippen molar-refractivity contribution >= 4 is 52.1 Å². The van der Waals surface area contributed by atoms with Crippen LogP contribution in [0, 0.1) is 18.7 Å². The Morgan fingerprint density at radius 2 is 1.83 bits per heavy atom. The molecule has 0 radical (unpaired) electrons. The maximum atomic E-state index is 15.1. The molecule has 2 bridgehead atoms. The summed E-state index contributed by atoms with van der Waals surface area (Å²) in [4.78, 5) is 38.4. The van der Waals surface area contributed by atoms with Crippen molar-refractivity contribution in [2.45, 2.75) is 83.2 Å². The summed E-state index contributed by atoms with van der Waals surface area (Å²) in [6.45, 7) is 13.1. The molecule has 196 valence electrons. The molecule has 1 saturated carbocycles. The lowest BCUT2D eigenvalue weighted by atomic mass is 9.78. The molecular formula is C25H32ClFN4O4S. The van der Waals surface area contributed by atoms with Crippen LogP contribution in [-0.4, -0.2) is 63.1 Å². The Labute approximate surface area is 219 Å². The number of pyridine rings is 2.